The molecule has 0 bridgehead atoms. The molecule has 13 heteroatoms. The van der Waals surface area contributed by atoms with E-state index in [4.69, 9.17) is 42.4 Å². The average molecular weight is 571 g/mol. The number of thioether (sulfide) groups is 1. The van der Waals surface area contributed by atoms with Crippen LogP contribution < -0.4 is 14.9 Å². The van der Waals surface area contributed by atoms with Gasteiger partial charge >= 0.3 is 0 Å². The van der Waals surface area contributed by atoms with E-state index in [1.165, 1.54) is 6.21 Å². The molecule has 3 rings (SSSR count). The maximum absolute atomic E-state index is 12.0. The molecular formula is C20H14BrCl2N5O4S. The number of benzene rings is 2. The number of carbonyl (C=O) groups is 1. The van der Waals surface area contributed by atoms with Crippen LogP contribution in [0.15, 0.2) is 55.6 Å². The Bertz CT molecular complexity index is 1200. The zero-order valence-electron chi connectivity index (χ0n) is 16.6. The fourth-order valence-electron chi connectivity index (χ4n) is 2.25. The largest absolute Gasteiger partial charge is 0.482 e. The summed E-state index contributed by atoms with van der Waals surface area (Å²) in [5.74, 6) is 0.868. The molecule has 3 aromatic rings. The molecular weight excluding hydrogens is 557 g/mol. The number of hydrogen-bond acceptors (Lipinski definition) is 9. The van der Waals surface area contributed by atoms with Crippen molar-refractivity contribution in [3.05, 3.63) is 62.4 Å². The lowest BCUT2D eigenvalue weighted by Gasteiger charge is -2.05. The van der Waals surface area contributed by atoms with Crippen molar-refractivity contribution in [3.63, 3.8) is 0 Å². The van der Waals surface area contributed by atoms with Gasteiger partial charge in [-0.25, -0.2) is 5.43 Å². The van der Waals surface area contributed by atoms with Gasteiger partial charge in [0, 0.05) is 5.02 Å². The van der Waals surface area contributed by atoms with Crippen LogP contribution >= 0.6 is 50.9 Å². The Kier molecular flexibility index (Phi) is 9.38. The van der Waals surface area contributed by atoms with E-state index in [-0.39, 0.29) is 36.0 Å². The smallest absolute Gasteiger partial charge is 0.277 e. The second-order valence-electron chi connectivity index (χ2n) is 6.04. The lowest BCUT2D eigenvalue weighted by atomic mass is 10.2. The van der Waals surface area contributed by atoms with Crippen LogP contribution in [0, 0.1) is 11.3 Å². The van der Waals surface area contributed by atoms with Crippen LogP contribution in [0.4, 0.5) is 0 Å². The number of halogens is 3. The summed E-state index contributed by atoms with van der Waals surface area (Å²) < 4.78 is 16.9. The van der Waals surface area contributed by atoms with Crippen LogP contribution in [-0.4, -0.2) is 34.7 Å². The molecule has 0 aliphatic rings. The summed E-state index contributed by atoms with van der Waals surface area (Å²) in [6, 6.07) is 11.9. The van der Waals surface area contributed by atoms with Crippen molar-refractivity contribution < 1.29 is 18.7 Å². The molecule has 0 fully saturated rings. The number of nitrogens with one attached hydrogen (secondary N) is 1. The summed E-state index contributed by atoms with van der Waals surface area (Å²) in [6.07, 6.45) is 1.48. The van der Waals surface area contributed by atoms with E-state index in [1.807, 2.05) is 6.07 Å². The van der Waals surface area contributed by atoms with Gasteiger partial charge in [-0.15, -0.1) is 10.2 Å². The van der Waals surface area contributed by atoms with Crippen molar-refractivity contribution in [2.45, 2.75) is 11.8 Å². The number of nitriles is 1. The molecule has 170 valence electrons. The highest BCUT2D eigenvalue weighted by molar-refractivity contribution is 9.10. The van der Waals surface area contributed by atoms with Gasteiger partial charge in [-0.3, -0.25) is 4.79 Å². The van der Waals surface area contributed by atoms with Crippen molar-refractivity contribution in [3.8, 4) is 17.6 Å². The summed E-state index contributed by atoms with van der Waals surface area (Å²) in [4.78, 5) is 12.0. The number of aromatic nitrogens is 2. The predicted octanol–water partition coefficient (Wildman–Crippen LogP) is 4.86. The predicted molar refractivity (Wildman–Crippen MR) is 127 cm³/mol. The van der Waals surface area contributed by atoms with Crippen LogP contribution in [0.25, 0.3) is 0 Å². The highest BCUT2D eigenvalue weighted by Gasteiger charge is 2.11. The highest BCUT2D eigenvalue weighted by atomic mass is 79.9. The Balaban J connectivity index is 1.42. The van der Waals surface area contributed by atoms with Crippen molar-refractivity contribution in [2.24, 2.45) is 5.10 Å². The molecule has 0 spiro atoms. The van der Waals surface area contributed by atoms with Crippen molar-refractivity contribution in [1.82, 2.24) is 15.6 Å². The third-order valence-corrected chi connectivity index (χ3v) is 5.64. The van der Waals surface area contributed by atoms with E-state index in [2.05, 4.69) is 36.7 Å². The first-order chi connectivity index (χ1) is 15.9. The molecule has 33 heavy (non-hydrogen) atoms. The standard InChI is InChI=1S/C20H14BrCl2N5O4S/c21-14-7-12(1-3-16(14)30-6-5-24)9-25-26-18(29)11-33-20-28-27-19(32-20)10-31-17-4-2-13(22)8-15(17)23/h1-4,7-9H,6,10-11H2,(H,26,29)/b25-9-. The third kappa shape index (κ3) is 7.94. The summed E-state index contributed by atoms with van der Waals surface area (Å²) in [5.41, 5.74) is 3.14. The van der Waals surface area contributed by atoms with Gasteiger partial charge in [0.1, 0.15) is 17.6 Å². The van der Waals surface area contributed by atoms with Gasteiger partial charge < -0.3 is 13.9 Å². The van der Waals surface area contributed by atoms with Crippen LogP contribution in [0.2, 0.25) is 10.0 Å². The number of hydrazone groups is 1. The molecule has 0 saturated carbocycles. The zero-order chi connectivity index (χ0) is 23.6. The fraction of sp³-hybridized carbons (Fsp3) is 0.150. The van der Waals surface area contributed by atoms with Crippen LogP contribution in [0.3, 0.4) is 0 Å². The molecule has 1 amide bonds. The lowest BCUT2D eigenvalue weighted by molar-refractivity contribution is -0.118. The van der Waals surface area contributed by atoms with Crippen LogP contribution in [0.5, 0.6) is 11.5 Å². The topological polar surface area (TPSA) is 123 Å². The van der Waals surface area contributed by atoms with Crippen molar-refractivity contribution in [2.75, 3.05) is 12.4 Å². The molecule has 1 aromatic heterocycles. The number of hydrogen-bond donors (Lipinski definition) is 1. The second-order valence-corrected chi connectivity index (χ2v) is 8.67. The van der Waals surface area contributed by atoms with Crippen LogP contribution in [0.1, 0.15) is 11.5 Å². The minimum atomic E-state index is -0.353. The molecule has 1 heterocycles. The molecule has 0 unspecified atom stereocenters. The quantitative estimate of drug-likeness (QED) is 0.208. The molecule has 0 aliphatic carbocycles. The first kappa shape index (κ1) is 24.9. The molecule has 0 radical (unpaired) electrons. The number of amides is 1. The Hall–Kier alpha value is -2.78. The summed E-state index contributed by atoms with van der Waals surface area (Å²) in [7, 11) is 0. The van der Waals surface area contributed by atoms with Gasteiger partial charge in [-0.05, 0) is 57.9 Å². The average Bonchev–Trinajstić information content (AvgIpc) is 3.24. The van der Waals surface area contributed by atoms with E-state index in [1.54, 1.807) is 36.4 Å². The Labute approximate surface area is 211 Å². The van der Waals surface area contributed by atoms with E-state index < -0.39 is 0 Å². The van der Waals surface area contributed by atoms with E-state index in [0.717, 1.165) is 17.3 Å². The number of rotatable bonds is 10. The molecule has 0 saturated heterocycles. The minimum absolute atomic E-state index is 0.0152. The molecule has 1 N–H and O–H groups in total. The third-order valence-electron chi connectivity index (χ3n) is 3.67. The highest BCUT2D eigenvalue weighted by Crippen LogP contribution is 2.28. The van der Waals surface area contributed by atoms with E-state index in [0.29, 0.717) is 26.0 Å². The molecule has 2 aromatic carbocycles. The summed E-state index contributed by atoms with van der Waals surface area (Å²) >= 11 is 16.3. The summed E-state index contributed by atoms with van der Waals surface area (Å²) in [5, 5.41) is 21.3. The van der Waals surface area contributed by atoms with Gasteiger partial charge in [0.15, 0.2) is 13.2 Å². The van der Waals surface area contributed by atoms with E-state index >= 15 is 0 Å². The van der Waals surface area contributed by atoms with Gasteiger partial charge in [0.2, 0.25) is 0 Å². The van der Waals surface area contributed by atoms with Crippen molar-refractivity contribution >= 4 is 63.0 Å². The molecule has 0 aliphatic heterocycles. The van der Waals surface area contributed by atoms with Crippen LogP contribution in [-0.2, 0) is 11.4 Å². The summed E-state index contributed by atoms with van der Waals surface area (Å²) in [6.45, 7) is -0.0354. The Morgan fingerprint density at radius 3 is 2.82 bits per heavy atom. The van der Waals surface area contributed by atoms with Crippen molar-refractivity contribution in [1.29, 1.82) is 5.26 Å². The van der Waals surface area contributed by atoms with Gasteiger partial charge in [0.25, 0.3) is 17.0 Å². The monoisotopic (exact) mass is 569 g/mol. The van der Waals surface area contributed by atoms with Gasteiger partial charge in [-0.1, -0.05) is 35.0 Å². The van der Waals surface area contributed by atoms with Gasteiger partial charge in [0.05, 0.1) is 21.5 Å². The second kappa shape index (κ2) is 12.5. The first-order valence-corrected chi connectivity index (χ1v) is 11.6. The number of ether oxygens (including phenoxy) is 2. The normalized spacial score (nSPS) is 10.7. The van der Waals surface area contributed by atoms with E-state index in [9.17, 15) is 4.79 Å². The SMILES string of the molecule is N#CCOc1ccc(/C=N\NC(=O)CSc2nnc(COc3ccc(Cl)cc3Cl)o2)cc1Br. The molecule has 0 atom stereocenters. The fourth-order valence-corrected chi connectivity index (χ4v) is 3.80. The van der Waals surface area contributed by atoms with Gasteiger partial charge in [-0.2, -0.15) is 10.4 Å². The first-order valence-electron chi connectivity index (χ1n) is 9.09. The maximum atomic E-state index is 12.0. The molecule has 9 nitrogen and oxygen atoms in total. The zero-order valence-corrected chi connectivity index (χ0v) is 20.5. The number of carbonyl (C=O) groups excluding carboxylic acids is 1. The minimum Gasteiger partial charge on any atom is -0.482 e. The Morgan fingerprint density at radius 1 is 1.24 bits per heavy atom. The Morgan fingerprint density at radius 2 is 2.06 bits per heavy atom. The number of nitrogens with zero attached hydrogens (tertiary/aromatic N) is 4. The maximum Gasteiger partial charge on any atom is 0.277 e. The lowest BCUT2D eigenvalue weighted by Crippen LogP contribution is -2.19.